The predicted octanol–water partition coefficient (Wildman–Crippen LogP) is 4.47. The van der Waals surface area contributed by atoms with Crippen LogP contribution in [-0.2, 0) is 0 Å². The molecular formula is C25H33N3O3. The van der Waals surface area contributed by atoms with Crippen LogP contribution in [0.1, 0.15) is 37.8 Å². The van der Waals surface area contributed by atoms with E-state index in [1.54, 1.807) is 14.1 Å². The topological polar surface area (TPSA) is 54.0 Å². The molecule has 0 aromatic heterocycles. The average Bonchev–Trinajstić information content (AvgIpc) is 3.49. The summed E-state index contributed by atoms with van der Waals surface area (Å²) in [6.45, 7) is 4.69. The maximum Gasteiger partial charge on any atom is 0.317 e. The molecule has 2 atom stereocenters. The standard InChI is InChI=1S/C25H33N3O3/c1-18(26-25(29)27(2)3)20-6-10-23(11-7-20)31-24-14-15-28(16-24)21-8-12-22(13-9-21)30-17-19-4-5-19/h6-13,18-19,24H,4-5,14-17H2,1-3H3,(H,26,29)/t18-,24+/m0/s1. The van der Waals surface area contributed by atoms with Gasteiger partial charge in [0.1, 0.15) is 17.6 Å². The second-order valence-corrected chi connectivity index (χ2v) is 8.86. The van der Waals surface area contributed by atoms with Gasteiger partial charge in [-0.2, -0.15) is 0 Å². The monoisotopic (exact) mass is 423 g/mol. The van der Waals surface area contributed by atoms with Gasteiger partial charge >= 0.3 is 6.03 Å². The highest BCUT2D eigenvalue weighted by Gasteiger charge is 2.25. The Morgan fingerprint density at radius 1 is 1.06 bits per heavy atom. The van der Waals surface area contributed by atoms with E-state index in [9.17, 15) is 4.79 Å². The second kappa shape index (κ2) is 9.50. The zero-order chi connectivity index (χ0) is 21.8. The summed E-state index contributed by atoms with van der Waals surface area (Å²) in [6, 6.07) is 16.3. The number of rotatable bonds is 8. The molecular weight excluding hydrogens is 390 g/mol. The molecule has 31 heavy (non-hydrogen) atoms. The number of anilines is 1. The second-order valence-electron chi connectivity index (χ2n) is 8.86. The number of hydrogen-bond donors (Lipinski definition) is 1. The van der Waals surface area contributed by atoms with Gasteiger partial charge in [0.25, 0.3) is 0 Å². The largest absolute Gasteiger partial charge is 0.493 e. The Balaban J connectivity index is 1.26. The van der Waals surface area contributed by atoms with E-state index in [1.165, 1.54) is 23.4 Å². The Hall–Kier alpha value is -2.89. The van der Waals surface area contributed by atoms with Crippen molar-refractivity contribution in [2.45, 2.75) is 38.3 Å². The summed E-state index contributed by atoms with van der Waals surface area (Å²) in [6.07, 6.45) is 3.78. The highest BCUT2D eigenvalue weighted by atomic mass is 16.5. The van der Waals surface area contributed by atoms with E-state index in [0.29, 0.717) is 0 Å². The molecule has 2 fully saturated rings. The number of nitrogens with one attached hydrogen (secondary N) is 1. The van der Waals surface area contributed by atoms with Gasteiger partial charge in [0, 0.05) is 32.7 Å². The zero-order valence-electron chi connectivity index (χ0n) is 18.7. The van der Waals surface area contributed by atoms with Crippen molar-refractivity contribution in [3.63, 3.8) is 0 Å². The van der Waals surface area contributed by atoms with Gasteiger partial charge in [-0.3, -0.25) is 0 Å². The molecule has 0 bridgehead atoms. The van der Waals surface area contributed by atoms with Crippen molar-refractivity contribution < 1.29 is 14.3 Å². The lowest BCUT2D eigenvalue weighted by Crippen LogP contribution is -2.36. The highest BCUT2D eigenvalue weighted by molar-refractivity contribution is 5.74. The summed E-state index contributed by atoms with van der Waals surface area (Å²) in [7, 11) is 3.47. The van der Waals surface area contributed by atoms with Gasteiger partial charge in [0.2, 0.25) is 0 Å². The minimum Gasteiger partial charge on any atom is -0.493 e. The van der Waals surface area contributed by atoms with Crippen LogP contribution in [0.4, 0.5) is 10.5 Å². The molecule has 2 aromatic carbocycles. The van der Waals surface area contributed by atoms with Crippen LogP contribution in [0.2, 0.25) is 0 Å². The van der Waals surface area contributed by atoms with Crippen molar-refractivity contribution in [2.75, 3.05) is 38.7 Å². The summed E-state index contributed by atoms with van der Waals surface area (Å²) < 4.78 is 12.1. The van der Waals surface area contributed by atoms with Crippen LogP contribution >= 0.6 is 0 Å². The molecule has 4 rings (SSSR count). The molecule has 2 aromatic rings. The van der Waals surface area contributed by atoms with Crippen molar-refractivity contribution in [2.24, 2.45) is 5.92 Å². The third-order valence-electron chi connectivity index (χ3n) is 5.96. The first-order valence-corrected chi connectivity index (χ1v) is 11.2. The van der Waals surface area contributed by atoms with Crippen molar-refractivity contribution in [1.29, 1.82) is 0 Å². The van der Waals surface area contributed by atoms with Crippen LogP contribution in [0.25, 0.3) is 0 Å². The van der Waals surface area contributed by atoms with Gasteiger partial charge in [0.05, 0.1) is 19.2 Å². The van der Waals surface area contributed by atoms with Gasteiger partial charge in [-0.15, -0.1) is 0 Å². The number of hydrogen-bond acceptors (Lipinski definition) is 4. The highest BCUT2D eigenvalue weighted by Crippen LogP contribution is 2.30. The molecule has 1 saturated carbocycles. The van der Waals surface area contributed by atoms with Crippen molar-refractivity contribution in [3.8, 4) is 11.5 Å². The molecule has 6 nitrogen and oxygen atoms in total. The SMILES string of the molecule is C[C@H](NC(=O)N(C)C)c1ccc(O[C@@H]2CCN(c3ccc(OCC4CC4)cc3)C2)cc1. The molecule has 166 valence electrons. The molecule has 0 unspecified atom stereocenters. The number of amides is 2. The quantitative estimate of drug-likeness (QED) is 0.681. The zero-order valence-corrected chi connectivity index (χ0v) is 18.7. The van der Waals surface area contributed by atoms with Crippen LogP contribution in [0.3, 0.4) is 0 Å². The Morgan fingerprint density at radius 3 is 2.39 bits per heavy atom. The maximum atomic E-state index is 11.8. The fourth-order valence-corrected chi connectivity index (χ4v) is 3.74. The van der Waals surface area contributed by atoms with Gasteiger partial charge in [-0.05, 0) is 67.6 Å². The summed E-state index contributed by atoms with van der Waals surface area (Å²) in [5, 5.41) is 2.96. The average molecular weight is 424 g/mol. The van der Waals surface area contributed by atoms with E-state index >= 15 is 0 Å². The number of nitrogens with zero attached hydrogens (tertiary/aromatic N) is 2. The summed E-state index contributed by atoms with van der Waals surface area (Å²) in [4.78, 5) is 15.7. The fraction of sp³-hybridized carbons (Fsp3) is 0.480. The lowest BCUT2D eigenvalue weighted by atomic mass is 10.1. The van der Waals surface area contributed by atoms with Crippen LogP contribution in [0.5, 0.6) is 11.5 Å². The van der Waals surface area contributed by atoms with Crippen LogP contribution in [-0.4, -0.2) is 50.8 Å². The third-order valence-corrected chi connectivity index (χ3v) is 5.96. The van der Waals surface area contributed by atoms with E-state index in [2.05, 4.69) is 34.5 Å². The molecule has 1 saturated heterocycles. The minimum absolute atomic E-state index is 0.0536. The van der Waals surface area contributed by atoms with Crippen molar-refractivity contribution >= 4 is 11.7 Å². The fourth-order valence-electron chi connectivity index (χ4n) is 3.74. The first-order chi connectivity index (χ1) is 15.0. The Morgan fingerprint density at radius 2 is 1.74 bits per heavy atom. The molecule has 6 heteroatoms. The molecule has 0 radical (unpaired) electrons. The summed E-state index contributed by atoms with van der Waals surface area (Å²) in [5.41, 5.74) is 2.27. The summed E-state index contributed by atoms with van der Waals surface area (Å²) >= 11 is 0. The van der Waals surface area contributed by atoms with E-state index in [-0.39, 0.29) is 18.2 Å². The first kappa shape index (κ1) is 21.3. The third kappa shape index (κ3) is 5.84. The summed E-state index contributed by atoms with van der Waals surface area (Å²) in [5.74, 6) is 2.59. The normalized spacial score (nSPS) is 19.1. The first-order valence-electron chi connectivity index (χ1n) is 11.2. The van der Waals surface area contributed by atoms with Crippen LogP contribution in [0, 0.1) is 5.92 Å². The van der Waals surface area contributed by atoms with E-state index in [0.717, 1.165) is 49.1 Å². The smallest absolute Gasteiger partial charge is 0.317 e. The molecule has 0 spiro atoms. The van der Waals surface area contributed by atoms with Crippen molar-refractivity contribution in [1.82, 2.24) is 10.2 Å². The number of ether oxygens (including phenoxy) is 2. The molecule has 1 N–H and O–H groups in total. The number of carbonyl (C=O) groups excluding carboxylic acids is 1. The Kier molecular flexibility index (Phi) is 6.54. The Bertz CT molecular complexity index is 863. The Labute approximate surface area is 185 Å². The lowest BCUT2D eigenvalue weighted by Gasteiger charge is -2.20. The minimum atomic E-state index is -0.0959. The molecule has 1 aliphatic heterocycles. The van der Waals surface area contributed by atoms with Gasteiger partial charge in [0.15, 0.2) is 0 Å². The predicted molar refractivity (Wildman–Crippen MR) is 123 cm³/mol. The lowest BCUT2D eigenvalue weighted by molar-refractivity contribution is 0.214. The molecule has 2 amide bonds. The van der Waals surface area contributed by atoms with Gasteiger partial charge < -0.3 is 24.6 Å². The van der Waals surface area contributed by atoms with E-state index in [1.807, 2.05) is 31.2 Å². The van der Waals surface area contributed by atoms with Gasteiger partial charge in [-0.1, -0.05) is 12.1 Å². The molecule has 1 heterocycles. The van der Waals surface area contributed by atoms with Crippen molar-refractivity contribution in [3.05, 3.63) is 54.1 Å². The van der Waals surface area contributed by atoms with Gasteiger partial charge in [-0.25, -0.2) is 4.79 Å². The van der Waals surface area contributed by atoms with E-state index in [4.69, 9.17) is 9.47 Å². The molecule has 2 aliphatic rings. The number of carbonyl (C=O) groups is 1. The van der Waals surface area contributed by atoms with Crippen LogP contribution < -0.4 is 19.7 Å². The molecule has 1 aliphatic carbocycles. The maximum absolute atomic E-state index is 11.8. The number of urea groups is 1. The van der Waals surface area contributed by atoms with Crippen LogP contribution in [0.15, 0.2) is 48.5 Å². The van der Waals surface area contributed by atoms with E-state index < -0.39 is 0 Å². The number of benzene rings is 2.